The lowest BCUT2D eigenvalue weighted by Crippen LogP contribution is -2.05. The van der Waals surface area contributed by atoms with Crippen LogP contribution in [0.1, 0.15) is 29.8 Å². The lowest BCUT2D eigenvalue weighted by molar-refractivity contribution is 0.390. The molecule has 0 amide bonds. The normalized spacial score (nSPS) is 22.9. The first-order valence-electron chi connectivity index (χ1n) is 7.39. The van der Waals surface area contributed by atoms with Crippen LogP contribution in [0.25, 0.3) is 27.8 Å². The van der Waals surface area contributed by atoms with Gasteiger partial charge in [0.25, 0.3) is 0 Å². The second-order valence-electron chi connectivity index (χ2n) is 6.08. The van der Waals surface area contributed by atoms with Crippen LogP contribution >= 0.6 is 0 Å². The van der Waals surface area contributed by atoms with E-state index < -0.39 is 0 Å². The molecule has 2 heterocycles. The predicted octanol–water partition coefficient (Wildman–Crippen LogP) is 4.55. The van der Waals surface area contributed by atoms with Crippen molar-refractivity contribution in [2.45, 2.75) is 26.1 Å². The van der Waals surface area contributed by atoms with E-state index in [4.69, 9.17) is 9.72 Å². The van der Waals surface area contributed by atoms with E-state index in [1.807, 2.05) is 0 Å². The first-order chi connectivity index (χ1) is 10.2. The molecule has 1 aliphatic heterocycles. The van der Waals surface area contributed by atoms with Gasteiger partial charge in [0.05, 0.1) is 11.2 Å². The van der Waals surface area contributed by atoms with Gasteiger partial charge in [-0.2, -0.15) is 0 Å². The molecule has 0 N–H and O–H groups in total. The van der Waals surface area contributed by atoms with Gasteiger partial charge < -0.3 is 4.74 Å². The van der Waals surface area contributed by atoms with Crippen LogP contribution in [0.4, 0.5) is 0 Å². The first kappa shape index (κ1) is 11.5. The molecule has 2 unspecified atom stereocenters. The van der Waals surface area contributed by atoms with Gasteiger partial charge in [0, 0.05) is 16.3 Å². The molecule has 1 saturated heterocycles. The number of hydrogen-bond acceptors (Lipinski definition) is 2. The Balaban J connectivity index is 1.96. The first-order valence-corrected chi connectivity index (χ1v) is 7.39. The Bertz CT molecular complexity index is 955. The van der Waals surface area contributed by atoms with Crippen molar-refractivity contribution in [1.82, 2.24) is 4.98 Å². The fourth-order valence-corrected chi connectivity index (χ4v) is 3.64. The van der Waals surface area contributed by atoms with E-state index in [-0.39, 0.29) is 12.2 Å². The van der Waals surface area contributed by atoms with Crippen LogP contribution in [-0.4, -0.2) is 11.1 Å². The molecule has 0 spiro atoms. The quantitative estimate of drug-likeness (QED) is 0.443. The highest BCUT2D eigenvalue weighted by Gasteiger charge is 2.46. The summed E-state index contributed by atoms with van der Waals surface area (Å²) >= 11 is 0. The number of epoxide rings is 1. The largest absolute Gasteiger partial charge is 0.360 e. The summed E-state index contributed by atoms with van der Waals surface area (Å²) in [6.07, 6.45) is 2.71. The summed E-state index contributed by atoms with van der Waals surface area (Å²) in [4.78, 5) is 4.98. The minimum Gasteiger partial charge on any atom is -0.360 e. The zero-order chi connectivity index (χ0) is 14.1. The third-order valence-electron chi connectivity index (χ3n) is 4.81. The van der Waals surface area contributed by atoms with Crippen LogP contribution in [-0.2, 0) is 4.74 Å². The average molecular weight is 273 g/mol. The molecule has 2 atom stereocenters. The summed E-state index contributed by atoms with van der Waals surface area (Å²) in [6.45, 7) is 4.34. The number of aromatic nitrogens is 1. The summed E-state index contributed by atoms with van der Waals surface area (Å²) < 4.78 is 5.83. The zero-order valence-electron chi connectivity index (χ0n) is 12.1. The Hall–Kier alpha value is -2.19. The van der Waals surface area contributed by atoms with E-state index in [0.29, 0.717) is 0 Å². The molecule has 0 radical (unpaired) electrons. The summed E-state index contributed by atoms with van der Waals surface area (Å²) in [7, 11) is 0. The van der Waals surface area contributed by atoms with Crippen LogP contribution in [0.2, 0.25) is 0 Å². The van der Waals surface area contributed by atoms with Crippen LogP contribution in [0.5, 0.6) is 0 Å². The Morgan fingerprint density at radius 3 is 2.71 bits per heavy atom. The smallest absolute Gasteiger partial charge is 0.116 e. The molecule has 1 aromatic heterocycles. The Labute approximate surface area is 123 Å². The Kier molecular flexibility index (Phi) is 2.03. The van der Waals surface area contributed by atoms with Gasteiger partial charge in [0.15, 0.2) is 0 Å². The van der Waals surface area contributed by atoms with Gasteiger partial charge >= 0.3 is 0 Å². The van der Waals surface area contributed by atoms with E-state index in [2.05, 4.69) is 56.3 Å². The van der Waals surface area contributed by atoms with Crippen molar-refractivity contribution in [2.75, 3.05) is 0 Å². The Morgan fingerprint density at radius 1 is 0.952 bits per heavy atom. The van der Waals surface area contributed by atoms with Gasteiger partial charge in [0.2, 0.25) is 0 Å². The summed E-state index contributed by atoms with van der Waals surface area (Å²) in [5.74, 6) is 0. The van der Waals surface area contributed by atoms with E-state index in [0.717, 1.165) is 11.2 Å². The zero-order valence-corrected chi connectivity index (χ0v) is 12.1. The molecular weight excluding hydrogens is 258 g/mol. The number of pyridine rings is 1. The maximum atomic E-state index is 5.83. The standard InChI is InChI=1S/C19H15NO/c1-10-9-15-16(19-18(10)21-19)11(2)13-8-7-12-5-3-4-6-14(12)17(13)20-15/h3-9,18-19H,1-2H3. The molecule has 21 heavy (non-hydrogen) atoms. The predicted molar refractivity (Wildman–Crippen MR) is 85.3 cm³/mol. The molecule has 2 aromatic carbocycles. The van der Waals surface area contributed by atoms with Crippen molar-refractivity contribution in [2.24, 2.45) is 0 Å². The fourth-order valence-electron chi connectivity index (χ4n) is 3.64. The molecule has 2 aliphatic rings. The SMILES string of the molecule is CC1=Cc2nc3c(ccc4ccccc43)c(C)c2C2OC12. The molecule has 3 aromatic rings. The molecule has 0 saturated carbocycles. The van der Waals surface area contributed by atoms with E-state index in [1.165, 1.54) is 32.9 Å². The maximum Gasteiger partial charge on any atom is 0.116 e. The third kappa shape index (κ3) is 1.43. The average Bonchev–Trinajstić information content (AvgIpc) is 3.28. The van der Waals surface area contributed by atoms with Crippen LogP contribution in [0, 0.1) is 6.92 Å². The van der Waals surface area contributed by atoms with Crippen LogP contribution in [0.15, 0.2) is 42.0 Å². The van der Waals surface area contributed by atoms with Gasteiger partial charge in [-0.05, 0) is 36.4 Å². The molecule has 2 heteroatoms. The van der Waals surface area contributed by atoms with E-state index in [1.54, 1.807) is 0 Å². The van der Waals surface area contributed by atoms with Gasteiger partial charge in [-0.3, -0.25) is 0 Å². The number of ether oxygens (including phenoxy) is 1. The number of benzene rings is 2. The summed E-state index contributed by atoms with van der Waals surface area (Å²) in [5, 5.41) is 3.72. The molecule has 0 bridgehead atoms. The highest BCUT2D eigenvalue weighted by Crippen LogP contribution is 2.50. The molecule has 2 nitrogen and oxygen atoms in total. The van der Waals surface area contributed by atoms with E-state index in [9.17, 15) is 0 Å². The molecule has 102 valence electrons. The van der Waals surface area contributed by atoms with Crippen molar-refractivity contribution < 1.29 is 4.74 Å². The number of nitrogens with zero attached hydrogens (tertiary/aromatic N) is 1. The van der Waals surface area contributed by atoms with Gasteiger partial charge in [-0.1, -0.05) is 36.4 Å². The molecule has 1 aliphatic carbocycles. The number of aryl methyl sites for hydroxylation is 1. The second-order valence-corrected chi connectivity index (χ2v) is 6.08. The van der Waals surface area contributed by atoms with Crippen molar-refractivity contribution in [1.29, 1.82) is 0 Å². The minimum atomic E-state index is 0.230. The number of fused-ring (bicyclic) bond motifs is 6. The highest BCUT2D eigenvalue weighted by atomic mass is 16.6. The van der Waals surface area contributed by atoms with Gasteiger partial charge in [0.1, 0.15) is 12.2 Å². The lowest BCUT2D eigenvalue weighted by Gasteiger charge is -2.15. The summed E-state index contributed by atoms with van der Waals surface area (Å²) in [5.41, 5.74) is 6.09. The molecule has 5 rings (SSSR count). The molecular formula is C19H15NO. The number of hydrogen-bond donors (Lipinski definition) is 0. The fraction of sp³-hybridized carbons (Fsp3) is 0.211. The Morgan fingerprint density at radius 2 is 1.81 bits per heavy atom. The summed E-state index contributed by atoms with van der Waals surface area (Å²) in [6, 6.07) is 12.8. The van der Waals surface area contributed by atoms with Crippen molar-refractivity contribution >= 4 is 27.8 Å². The highest BCUT2D eigenvalue weighted by molar-refractivity contribution is 6.07. The minimum absolute atomic E-state index is 0.230. The van der Waals surface area contributed by atoms with Gasteiger partial charge in [-0.15, -0.1) is 0 Å². The topological polar surface area (TPSA) is 25.4 Å². The van der Waals surface area contributed by atoms with Crippen molar-refractivity contribution in [3.8, 4) is 0 Å². The van der Waals surface area contributed by atoms with Crippen LogP contribution in [0.3, 0.4) is 0 Å². The maximum absolute atomic E-state index is 5.83. The van der Waals surface area contributed by atoms with Crippen molar-refractivity contribution in [3.63, 3.8) is 0 Å². The molecule has 1 fully saturated rings. The van der Waals surface area contributed by atoms with Crippen LogP contribution < -0.4 is 0 Å². The third-order valence-corrected chi connectivity index (χ3v) is 4.81. The number of rotatable bonds is 0. The van der Waals surface area contributed by atoms with Gasteiger partial charge in [-0.25, -0.2) is 4.98 Å². The lowest BCUT2D eigenvalue weighted by atomic mass is 9.90. The second kappa shape index (κ2) is 3.71. The van der Waals surface area contributed by atoms with E-state index >= 15 is 0 Å². The monoisotopic (exact) mass is 273 g/mol. The van der Waals surface area contributed by atoms with Crippen molar-refractivity contribution in [3.05, 3.63) is 58.8 Å².